The zero-order chi connectivity index (χ0) is 46.7. The first kappa shape index (κ1) is 41.6. The molecular weight excluding hydrogens is 837 g/mol. The van der Waals surface area contributed by atoms with Crippen LogP contribution in [0.2, 0.25) is 0 Å². The number of aliphatic imine (C=N–C) groups is 2. The SMILES string of the molecule is CC1(C)N=C(c2ccc(-c3ccc4c(c3)c3cc(-c5ccc6c(c5)c5cc(-c7ccc(C8=NC(C)(C)C(C)(C)O8)cn7)ccc5n6-c5ccccc5)ccc3n4-c3ccccc3)nc2)OC1(C)C. The Morgan fingerprint density at radius 3 is 0.985 bits per heavy atom. The summed E-state index contributed by atoms with van der Waals surface area (Å²) in [5, 5.41) is 4.65. The topological polar surface area (TPSA) is 78.8 Å². The second kappa shape index (κ2) is 14.8. The van der Waals surface area contributed by atoms with Crippen molar-refractivity contribution in [2.75, 3.05) is 0 Å². The first-order chi connectivity index (χ1) is 32.6. The van der Waals surface area contributed by atoms with Crippen LogP contribution in [-0.2, 0) is 9.47 Å². The highest BCUT2D eigenvalue weighted by Crippen LogP contribution is 2.42. The fourth-order valence-corrected chi connectivity index (χ4v) is 9.62. The van der Waals surface area contributed by atoms with Gasteiger partial charge in [0.2, 0.25) is 11.8 Å². The van der Waals surface area contributed by atoms with Crippen LogP contribution >= 0.6 is 0 Å². The lowest BCUT2D eigenvalue weighted by Crippen LogP contribution is -2.41. The Balaban J connectivity index is 0.970. The van der Waals surface area contributed by atoms with Crippen molar-refractivity contribution in [1.29, 1.82) is 0 Å². The minimum absolute atomic E-state index is 0.336. The molecule has 8 heteroatoms. The largest absolute Gasteiger partial charge is 0.469 e. The lowest BCUT2D eigenvalue weighted by atomic mass is 9.87. The Morgan fingerprint density at radius 1 is 0.353 bits per heavy atom. The lowest BCUT2D eigenvalue weighted by molar-refractivity contribution is 0.0618. The molecule has 0 fully saturated rings. The van der Waals surface area contributed by atoms with E-state index in [1.165, 1.54) is 10.8 Å². The van der Waals surface area contributed by atoms with Crippen molar-refractivity contribution in [2.24, 2.45) is 9.98 Å². The second-order valence-corrected chi connectivity index (χ2v) is 20.3. The number of para-hydroxylation sites is 2. The Labute approximate surface area is 396 Å². The molecular formula is C60H52N6O2. The van der Waals surface area contributed by atoms with Gasteiger partial charge < -0.3 is 18.6 Å². The van der Waals surface area contributed by atoms with Crippen LogP contribution in [0.15, 0.2) is 180 Å². The van der Waals surface area contributed by atoms with E-state index in [1.54, 1.807) is 0 Å². The number of hydrogen-bond donors (Lipinski definition) is 0. The molecule has 0 saturated carbocycles. The molecule has 8 nitrogen and oxygen atoms in total. The minimum Gasteiger partial charge on any atom is -0.469 e. The van der Waals surface area contributed by atoms with E-state index in [9.17, 15) is 0 Å². The maximum absolute atomic E-state index is 6.31. The van der Waals surface area contributed by atoms with Crippen LogP contribution < -0.4 is 0 Å². The molecule has 6 aromatic carbocycles. The van der Waals surface area contributed by atoms with Crippen LogP contribution in [0.4, 0.5) is 0 Å². The molecule has 334 valence electrons. The van der Waals surface area contributed by atoms with E-state index in [-0.39, 0.29) is 11.1 Å². The maximum Gasteiger partial charge on any atom is 0.218 e. The Morgan fingerprint density at radius 2 is 0.676 bits per heavy atom. The molecule has 0 radical (unpaired) electrons. The van der Waals surface area contributed by atoms with Gasteiger partial charge in [-0.2, -0.15) is 0 Å². The monoisotopic (exact) mass is 888 g/mol. The average Bonchev–Trinajstić information content (AvgIpc) is 3.99. The fraction of sp³-hybridized carbons (Fsp3) is 0.200. The summed E-state index contributed by atoms with van der Waals surface area (Å²) in [4.78, 5) is 19.7. The molecule has 4 aromatic heterocycles. The van der Waals surface area contributed by atoms with E-state index in [0.717, 1.165) is 89.0 Å². The quantitative estimate of drug-likeness (QED) is 0.160. The van der Waals surface area contributed by atoms with Crippen molar-refractivity contribution in [3.63, 3.8) is 0 Å². The average molecular weight is 889 g/mol. The predicted molar refractivity (Wildman–Crippen MR) is 279 cm³/mol. The number of pyridine rings is 2. The van der Waals surface area contributed by atoms with Gasteiger partial charge in [-0.1, -0.05) is 60.7 Å². The van der Waals surface area contributed by atoms with Crippen molar-refractivity contribution in [3.8, 4) is 45.0 Å². The van der Waals surface area contributed by atoms with Crippen molar-refractivity contribution in [1.82, 2.24) is 19.1 Å². The van der Waals surface area contributed by atoms with Gasteiger partial charge >= 0.3 is 0 Å². The molecule has 12 rings (SSSR count). The first-order valence-electron chi connectivity index (χ1n) is 23.4. The number of rotatable bonds is 7. The van der Waals surface area contributed by atoms with Gasteiger partial charge in [-0.25, -0.2) is 9.98 Å². The predicted octanol–water partition coefficient (Wildman–Crippen LogP) is 14.3. The Kier molecular flexibility index (Phi) is 9.07. The van der Waals surface area contributed by atoms with Crippen LogP contribution in [0.5, 0.6) is 0 Å². The number of benzene rings is 6. The Bertz CT molecular complexity index is 3460. The summed E-state index contributed by atoms with van der Waals surface area (Å²) in [5.74, 6) is 1.27. The maximum atomic E-state index is 6.31. The molecule has 68 heavy (non-hydrogen) atoms. The third-order valence-corrected chi connectivity index (χ3v) is 14.9. The number of ether oxygens (including phenoxy) is 2. The molecule has 0 bridgehead atoms. The highest BCUT2D eigenvalue weighted by molar-refractivity contribution is 6.14. The summed E-state index contributed by atoms with van der Waals surface area (Å²) >= 11 is 0. The number of aromatic nitrogens is 4. The van der Waals surface area contributed by atoms with Gasteiger partial charge in [0.15, 0.2) is 0 Å². The summed E-state index contributed by atoms with van der Waals surface area (Å²) in [7, 11) is 0. The normalized spacial score (nSPS) is 16.8. The van der Waals surface area contributed by atoms with Gasteiger partial charge in [-0.05, 0) is 164 Å². The molecule has 6 heterocycles. The van der Waals surface area contributed by atoms with E-state index in [4.69, 9.17) is 29.4 Å². The minimum atomic E-state index is -0.405. The van der Waals surface area contributed by atoms with Gasteiger partial charge in [0.05, 0.1) is 55.7 Å². The van der Waals surface area contributed by atoms with Crippen LogP contribution in [0, 0.1) is 0 Å². The number of fused-ring (bicyclic) bond motifs is 6. The summed E-state index contributed by atoms with van der Waals surface area (Å²) in [6.45, 7) is 16.8. The summed E-state index contributed by atoms with van der Waals surface area (Å²) in [5.41, 5.74) is 13.2. The molecule has 0 spiro atoms. The summed E-state index contributed by atoms with van der Waals surface area (Å²) in [6.07, 6.45) is 3.76. The molecule has 10 aromatic rings. The van der Waals surface area contributed by atoms with Gasteiger partial charge in [-0.3, -0.25) is 9.97 Å². The van der Waals surface area contributed by atoms with Crippen molar-refractivity contribution in [2.45, 2.75) is 77.7 Å². The molecule has 0 N–H and O–H groups in total. The van der Waals surface area contributed by atoms with E-state index in [1.807, 2.05) is 12.4 Å². The zero-order valence-corrected chi connectivity index (χ0v) is 39.7. The Hall–Kier alpha value is -7.84. The van der Waals surface area contributed by atoms with Crippen LogP contribution in [-0.4, -0.2) is 53.2 Å². The summed E-state index contributed by atoms with van der Waals surface area (Å²) in [6, 6.07) is 56.6. The molecule has 0 atom stereocenters. The molecule has 0 amide bonds. The number of hydrogen-bond acceptors (Lipinski definition) is 6. The van der Waals surface area contributed by atoms with Crippen molar-refractivity contribution < 1.29 is 9.47 Å². The molecule has 0 unspecified atom stereocenters. The van der Waals surface area contributed by atoms with Gasteiger partial charge in [0, 0.05) is 56.4 Å². The van der Waals surface area contributed by atoms with Crippen LogP contribution in [0.25, 0.3) is 88.6 Å². The second-order valence-electron chi connectivity index (χ2n) is 20.3. The highest BCUT2D eigenvalue weighted by Gasteiger charge is 2.46. The van der Waals surface area contributed by atoms with Crippen LogP contribution in [0.1, 0.15) is 66.5 Å². The third kappa shape index (κ3) is 6.56. The molecule has 2 aliphatic heterocycles. The van der Waals surface area contributed by atoms with E-state index < -0.39 is 11.2 Å². The van der Waals surface area contributed by atoms with Crippen molar-refractivity contribution in [3.05, 3.63) is 181 Å². The van der Waals surface area contributed by atoms with Gasteiger partial charge in [-0.15, -0.1) is 0 Å². The molecule has 0 aliphatic carbocycles. The third-order valence-electron chi connectivity index (χ3n) is 14.9. The van der Waals surface area contributed by atoms with Crippen LogP contribution in [0.3, 0.4) is 0 Å². The van der Waals surface area contributed by atoms with E-state index in [0.29, 0.717) is 11.8 Å². The lowest BCUT2D eigenvalue weighted by Gasteiger charge is -2.30. The number of nitrogens with zero attached hydrogens (tertiary/aromatic N) is 6. The van der Waals surface area contributed by atoms with E-state index >= 15 is 0 Å². The smallest absolute Gasteiger partial charge is 0.218 e. The molecule has 2 aliphatic rings. The van der Waals surface area contributed by atoms with E-state index in [2.05, 4.69) is 222 Å². The standard InChI is InChI=1S/C60H52N6O2/c1-57(2)59(5,6)67-55(63-57)41-19-25-49(61-35-41)39-23-29-53-47(33-39)45-31-37(21-27-51(45)65(53)43-15-11-9-12-16-43)38-22-28-52-46(32-38)48-34-40(24-30-54(48)66(52)44-17-13-10-14-18-44)50-26-20-42(36-62-50)56-64-58(3,4)60(7,8)68-56/h9-36H,1-8H3. The molecule has 0 saturated heterocycles. The summed E-state index contributed by atoms with van der Waals surface area (Å²) < 4.78 is 17.3. The highest BCUT2D eigenvalue weighted by atomic mass is 16.5. The zero-order valence-electron chi connectivity index (χ0n) is 39.7. The van der Waals surface area contributed by atoms with Gasteiger partial charge in [0.1, 0.15) is 11.2 Å². The first-order valence-corrected chi connectivity index (χ1v) is 23.4. The fourth-order valence-electron chi connectivity index (χ4n) is 9.62. The van der Waals surface area contributed by atoms with Gasteiger partial charge in [0.25, 0.3) is 0 Å². The van der Waals surface area contributed by atoms with Crippen molar-refractivity contribution >= 4 is 55.4 Å².